The van der Waals surface area contributed by atoms with E-state index in [4.69, 9.17) is 11.6 Å². The minimum atomic E-state index is -0.881. The molecule has 4 rings (SSSR count). The molecule has 3 N–H and O–H groups in total. The van der Waals surface area contributed by atoms with Gasteiger partial charge in [0.05, 0.1) is 18.0 Å². The van der Waals surface area contributed by atoms with Gasteiger partial charge in [-0.1, -0.05) is 54.1 Å². The van der Waals surface area contributed by atoms with Crippen molar-refractivity contribution in [1.82, 2.24) is 25.1 Å². The Morgan fingerprint density at radius 3 is 2.39 bits per heavy atom. The number of nitrogens with zero attached hydrogens (tertiary/aromatic N) is 4. The highest BCUT2D eigenvalue weighted by molar-refractivity contribution is 6.30. The Balaban J connectivity index is 1.50. The Hall–Kier alpha value is -3.10. The van der Waals surface area contributed by atoms with Gasteiger partial charge in [0.1, 0.15) is 6.10 Å². The molecular weight excluding hydrogens is 438 g/mol. The molecule has 0 aliphatic heterocycles. The number of aromatic nitrogens is 4. The molecule has 0 spiro atoms. The van der Waals surface area contributed by atoms with Crippen LogP contribution in [0, 0.1) is 0 Å². The van der Waals surface area contributed by atoms with Crippen LogP contribution in [-0.2, 0) is 6.42 Å². The first-order chi connectivity index (χ1) is 16.1. The van der Waals surface area contributed by atoms with Gasteiger partial charge in [0.15, 0.2) is 0 Å². The van der Waals surface area contributed by atoms with E-state index in [9.17, 15) is 10.2 Å². The summed E-state index contributed by atoms with van der Waals surface area (Å²) in [6.07, 6.45) is 3.97. The minimum Gasteiger partial charge on any atom is -0.395 e. The van der Waals surface area contributed by atoms with Crippen LogP contribution < -0.4 is 5.32 Å². The number of aryl methyl sites for hydroxylation is 1. The summed E-state index contributed by atoms with van der Waals surface area (Å²) >= 11 is 6.02. The lowest BCUT2D eigenvalue weighted by Gasteiger charge is -2.19. The lowest BCUT2D eigenvalue weighted by molar-refractivity contribution is 0.150. The summed E-state index contributed by atoms with van der Waals surface area (Å²) in [6, 6.07) is 20.9. The average Bonchev–Trinajstić information content (AvgIpc) is 3.31. The van der Waals surface area contributed by atoms with Gasteiger partial charge in [0.2, 0.25) is 0 Å². The molecule has 0 bridgehead atoms. The van der Waals surface area contributed by atoms with Gasteiger partial charge in [-0.05, 0) is 42.7 Å². The molecule has 2 atom stereocenters. The van der Waals surface area contributed by atoms with Crippen LogP contribution in [0.3, 0.4) is 0 Å². The van der Waals surface area contributed by atoms with Crippen LogP contribution in [-0.4, -0.2) is 49.2 Å². The Kier molecular flexibility index (Phi) is 7.80. The third-order valence-electron chi connectivity index (χ3n) is 5.40. The van der Waals surface area contributed by atoms with E-state index in [2.05, 4.69) is 32.5 Å². The van der Waals surface area contributed by atoms with E-state index < -0.39 is 6.10 Å². The maximum atomic E-state index is 11.0. The van der Waals surface area contributed by atoms with E-state index in [1.165, 1.54) is 5.56 Å². The van der Waals surface area contributed by atoms with Crippen LogP contribution in [0.1, 0.15) is 23.8 Å². The van der Waals surface area contributed by atoms with E-state index in [0.717, 1.165) is 18.4 Å². The van der Waals surface area contributed by atoms with Crippen molar-refractivity contribution < 1.29 is 10.2 Å². The Morgan fingerprint density at radius 2 is 1.70 bits per heavy atom. The molecule has 8 heteroatoms. The number of aliphatic hydroxyl groups is 2. The number of rotatable bonds is 10. The van der Waals surface area contributed by atoms with E-state index >= 15 is 0 Å². The zero-order chi connectivity index (χ0) is 23.0. The van der Waals surface area contributed by atoms with Gasteiger partial charge in [0, 0.05) is 35.6 Å². The Morgan fingerprint density at radius 1 is 0.970 bits per heavy atom. The van der Waals surface area contributed by atoms with Crippen molar-refractivity contribution in [2.24, 2.45) is 0 Å². The molecule has 0 fully saturated rings. The van der Waals surface area contributed by atoms with Gasteiger partial charge in [0.25, 0.3) is 5.95 Å². The summed E-state index contributed by atoms with van der Waals surface area (Å²) in [4.78, 5) is 8.57. The largest absolute Gasteiger partial charge is 0.395 e. The molecule has 0 aliphatic carbocycles. The molecule has 0 amide bonds. The maximum Gasteiger partial charge on any atom is 0.250 e. The summed E-state index contributed by atoms with van der Waals surface area (Å²) in [5, 5.41) is 29.4. The predicted molar refractivity (Wildman–Crippen MR) is 128 cm³/mol. The Labute approximate surface area is 197 Å². The second kappa shape index (κ2) is 11.2. The lowest BCUT2D eigenvalue weighted by Crippen LogP contribution is -2.36. The highest BCUT2D eigenvalue weighted by Crippen LogP contribution is 2.25. The van der Waals surface area contributed by atoms with Crippen LogP contribution in [0.25, 0.3) is 17.2 Å². The highest BCUT2D eigenvalue weighted by atomic mass is 35.5. The van der Waals surface area contributed by atoms with Gasteiger partial charge in [-0.3, -0.25) is 0 Å². The number of halogens is 1. The molecule has 0 radical (unpaired) electrons. The van der Waals surface area contributed by atoms with E-state index in [0.29, 0.717) is 22.4 Å². The number of hydrogen-bond donors (Lipinski definition) is 3. The maximum absolute atomic E-state index is 11.0. The quantitative estimate of drug-likeness (QED) is 0.332. The summed E-state index contributed by atoms with van der Waals surface area (Å²) in [7, 11) is 0. The Bertz CT molecular complexity index is 1140. The molecule has 33 heavy (non-hydrogen) atoms. The van der Waals surface area contributed by atoms with Crippen LogP contribution >= 0.6 is 11.6 Å². The summed E-state index contributed by atoms with van der Waals surface area (Å²) < 4.78 is 1.55. The summed E-state index contributed by atoms with van der Waals surface area (Å²) in [5.74, 6) is 0.370. The third kappa shape index (κ3) is 6.03. The zero-order valence-corrected chi connectivity index (χ0v) is 18.8. The van der Waals surface area contributed by atoms with Crippen molar-refractivity contribution in [2.45, 2.75) is 25.0 Å². The number of aliphatic hydroxyl groups excluding tert-OH is 2. The van der Waals surface area contributed by atoms with Crippen LogP contribution in [0.4, 0.5) is 0 Å². The summed E-state index contributed by atoms with van der Waals surface area (Å²) in [6.45, 7) is 0.231. The first-order valence-electron chi connectivity index (χ1n) is 10.8. The van der Waals surface area contributed by atoms with Gasteiger partial charge < -0.3 is 15.5 Å². The van der Waals surface area contributed by atoms with Gasteiger partial charge in [-0.2, -0.15) is 9.78 Å². The predicted octanol–water partition coefficient (Wildman–Crippen LogP) is 3.60. The van der Waals surface area contributed by atoms with Crippen molar-refractivity contribution in [3.8, 4) is 17.2 Å². The fourth-order valence-corrected chi connectivity index (χ4v) is 3.71. The lowest BCUT2D eigenvalue weighted by atomic mass is 10.1. The van der Waals surface area contributed by atoms with Crippen molar-refractivity contribution in [1.29, 1.82) is 0 Å². The van der Waals surface area contributed by atoms with Crippen molar-refractivity contribution in [2.75, 3.05) is 13.2 Å². The summed E-state index contributed by atoms with van der Waals surface area (Å²) in [5.41, 5.74) is 3.31. The molecule has 0 aliphatic rings. The van der Waals surface area contributed by atoms with Crippen molar-refractivity contribution >= 4 is 11.6 Å². The normalized spacial score (nSPS) is 13.1. The van der Waals surface area contributed by atoms with Gasteiger partial charge in [-0.15, -0.1) is 0 Å². The third-order valence-corrected chi connectivity index (χ3v) is 5.66. The minimum absolute atomic E-state index is 0.0172. The average molecular weight is 464 g/mol. The van der Waals surface area contributed by atoms with Crippen molar-refractivity contribution in [3.63, 3.8) is 0 Å². The first kappa shape index (κ1) is 23.1. The van der Waals surface area contributed by atoms with Crippen molar-refractivity contribution in [3.05, 3.63) is 95.4 Å². The highest BCUT2D eigenvalue weighted by Gasteiger charge is 2.20. The van der Waals surface area contributed by atoms with Gasteiger partial charge in [-0.25, -0.2) is 9.97 Å². The molecule has 4 aromatic rings. The second-order valence-electron chi connectivity index (χ2n) is 7.75. The molecule has 170 valence electrons. The second-order valence-corrected chi connectivity index (χ2v) is 8.19. The van der Waals surface area contributed by atoms with Gasteiger partial charge >= 0.3 is 0 Å². The monoisotopic (exact) mass is 463 g/mol. The topological polar surface area (TPSA) is 96.1 Å². The molecule has 0 saturated heterocycles. The van der Waals surface area contributed by atoms with E-state index in [-0.39, 0.29) is 19.2 Å². The van der Waals surface area contributed by atoms with Crippen LogP contribution in [0.2, 0.25) is 5.02 Å². The smallest absolute Gasteiger partial charge is 0.250 e. The molecule has 0 saturated carbocycles. The number of benzene rings is 2. The van der Waals surface area contributed by atoms with E-state index in [1.807, 2.05) is 36.4 Å². The number of nitrogens with one attached hydrogen (secondary N) is 1. The zero-order valence-electron chi connectivity index (χ0n) is 18.0. The molecule has 7 nitrogen and oxygen atoms in total. The fourth-order valence-electron chi connectivity index (χ4n) is 3.58. The molecule has 2 unspecified atom stereocenters. The fraction of sp³-hybridized carbons (Fsp3) is 0.240. The standard InChI is InChI=1S/C25H26ClN5O2/c26-20-10-8-19(9-11-20)22-15-23(31(30-22)25-27-13-4-14-28-25)24(33)16-29-21(17-32)12-7-18-5-2-1-3-6-18/h1-6,8-11,13-15,21,24,29,32-33H,7,12,16-17H2. The van der Waals surface area contributed by atoms with E-state index in [1.54, 1.807) is 35.3 Å². The SMILES string of the molecule is OCC(CCc1ccccc1)NCC(O)c1cc(-c2ccc(Cl)cc2)nn1-c1ncccn1. The molecule has 2 aromatic carbocycles. The van der Waals surface area contributed by atoms with Crippen LogP contribution in [0.15, 0.2) is 79.1 Å². The number of hydrogen-bond acceptors (Lipinski definition) is 6. The molecule has 2 aromatic heterocycles. The van der Waals surface area contributed by atoms with Crippen LogP contribution in [0.5, 0.6) is 0 Å². The first-order valence-corrected chi connectivity index (χ1v) is 11.2. The molecule has 2 heterocycles. The molecular formula is C25H26ClN5O2.